The summed E-state index contributed by atoms with van der Waals surface area (Å²) >= 11 is 5.26. The number of imidazole rings is 1. The minimum absolute atomic E-state index is 0.168. The van der Waals surface area contributed by atoms with Crippen LogP contribution in [0.4, 0.5) is 0 Å². The van der Waals surface area contributed by atoms with Crippen molar-refractivity contribution in [2.24, 2.45) is 0 Å². The molecule has 1 N–H and O–H groups in total. The Hall–Kier alpha value is -0.570. The Morgan fingerprint density at radius 2 is 2.00 bits per heavy atom. The molecular formula is C10H18N2S. The Morgan fingerprint density at radius 1 is 1.46 bits per heavy atom. The molecule has 0 aliphatic rings. The van der Waals surface area contributed by atoms with Gasteiger partial charge in [0.1, 0.15) is 0 Å². The summed E-state index contributed by atoms with van der Waals surface area (Å²) in [4.78, 5) is 3.16. The van der Waals surface area contributed by atoms with Gasteiger partial charge in [0.2, 0.25) is 0 Å². The highest BCUT2D eigenvalue weighted by atomic mass is 32.1. The number of aryl methyl sites for hydroxylation is 1. The molecule has 0 saturated carbocycles. The number of nitrogens with one attached hydrogen (secondary N) is 1. The van der Waals surface area contributed by atoms with E-state index in [1.54, 1.807) is 0 Å². The first-order chi connectivity index (χ1) is 6.03. The van der Waals surface area contributed by atoms with E-state index in [1.807, 2.05) is 6.92 Å². The average molecular weight is 198 g/mol. The highest BCUT2D eigenvalue weighted by Gasteiger charge is 2.22. The molecule has 1 aromatic heterocycles. The van der Waals surface area contributed by atoms with Crippen molar-refractivity contribution in [2.75, 3.05) is 0 Å². The summed E-state index contributed by atoms with van der Waals surface area (Å²) in [6.45, 7) is 8.69. The van der Waals surface area contributed by atoms with Gasteiger partial charge in [-0.3, -0.25) is 0 Å². The molecule has 0 aliphatic heterocycles. The number of rotatable bonds is 3. The first-order valence-corrected chi connectivity index (χ1v) is 5.23. The Kier molecular flexibility index (Phi) is 2.96. The van der Waals surface area contributed by atoms with E-state index in [1.165, 1.54) is 0 Å². The zero-order valence-corrected chi connectivity index (χ0v) is 9.66. The van der Waals surface area contributed by atoms with Crippen molar-refractivity contribution in [3.8, 4) is 0 Å². The van der Waals surface area contributed by atoms with Crippen LogP contribution in [0.2, 0.25) is 0 Å². The minimum atomic E-state index is 0.168. The van der Waals surface area contributed by atoms with Gasteiger partial charge in [-0.15, -0.1) is 0 Å². The van der Waals surface area contributed by atoms with Crippen molar-refractivity contribution in [1.29, 1.82) is 0 Å². The van der Waals surface area contributed by atoms with Crippen LogP contribution >= 0.6 is 12.2 Å². The number of aromatic nitrogens is 2. The van der Waals surface area contributed by atoms with E-state index in [9.17, 15) is 0 Å². The summed E-state index contributed by atoms with van der Waals surface area (Å²) < 4.78 is 3.01. The second-order valence-corrected chi connectivity index (χ2v) is 4.20. The molecule has 0 fully saturated rings. The first-order valence-electron chi connectivity index (χ1n) is 4.82. The predicted molar refractivity (Wildman–Crippen MR) is 58.6 cm³/mol. The fourth-order valence-electron chi connectivity index (χ4n) is 1.51. The lowest BCUT2D eigenvalue weighted by Gasteiger charge is -2.28. The van der Waals surface area contributed by atoms with Crippen LogP contribution < -0.4 is 0 Å². The maximum Gasteiger partial charge on any atom is 0.177 e. The third kappa shape index (κ3) is 1.85. The number of H-pyrrole nitrogens is 1. The molecule has 0 aliphatic carbocycles. The van der Waals surface area contributed by atoms with Gasteiger partial charge in [-0.2, -0.15) is 0 Å². The Balaban J connectivity index is 3.19. The lowest BCUT2D eigenvalue weighted by molar-refractivity contribution is 0.290. The summed E-state index contributed by atoms with van der Waals surface area (Å²) in [5.41, 5.74) is 1.31. The quantitative estimate of drug-likeness (QED) is 0.738. The van der Waals surface area contributed by atoms with Gasteiger partial charge in [0.25, 0.3) is 0 Å². The maximum absolute atomic E-state index is 5.26. The van der Waals surface area contributed by atoms with Crippen molar-refractivity contribution < 1.29 is 0 Å². The van der Waals surface area contributed by atoms with Gasteiger partial charge in [0.15, 0.2) is 4.77 Å². The molecule has 1 rings (SSSR count). The van der Waals surface area contributed by atoms with E-state index in [0.29, 0.717) is 0 Å². The SMILES string of the molecule is CCC(C)(CC)n1cc(C)[nH]c1=S. The Morgan fingerprint density at radius 3 is 2.31 bits per heavy atom. The van der Waals surface area contributed by atoms with Crippen LogP contribution in [0, 0.1) is 11.7 Å². The van der Waals surface area contributed by atoms with Crippen LogP contribution in [-0.4, -0.2) is 9.55 Å². The molecule has 1 heterocycles. The number of hydrogen-bond acceptors (Lipinski definition) is 1. The van der Waals surface area contributed by atoms with E-state index in [2.05, 4.69) is 36.5 Å². The number of aromatic amines is 1. The van der Waals surface area contributed by atoms with Crippen LogP contribution in [-0.2, 0) is 5.54 Å². The fourth-order valence-corrected chi connectivity index (χ4v) is 1.94. The largest absolute Gasteiger partial charge is 0.335 e. The molecule has 0 spiro atoms. The van der Waals surface area contributed by atoms with Crippen molar-refractivity contribution >= 4 is 12.2 Å². The van der Waals surface area contributed by atoms with Crippen molar-refractivity contribution in [1.82, 2.24) is 9.55 Å². The molecule has 13 heavy (non-hydrogen) atoms. The normalized spacial score (nSPS) is 12.0. The van der Waals surface area contributed by atoms with E-state index in [0.717, 1.165) is 23.3 Å². The van der Waals surface area contributed by atoms with Crippen LogP contribution in [0.3, 0.4) is 0 Å². The lowest BCUT2D eigenvalue weighted by Crippen LogP contribution is -2.27. The summed E-state index contributed by atoms with van der Waals surface area (Å²) in [5.74, 6) is 0. The van der Waals surface area contributed by atoms with Crippen LogP contribution in [0.1, 0.15) is 39.3 Å². The average Bonchev–Trinajstić information content (AvgIpc) is 2.44. The van der Waals surface area contributed by atoms with E-state index in [4.69, 9.17) is 12.2 Å². The molecule has 1 aromatic rings. The topological polar surface area (TPSA) is 20.7 Å². The molecule has 0 atom stereocenters. The first kappa shape index (κ1) is 10.5. The van der Waals surface area contributed by atoms with Gasteiger partial charge in [-0.25, -0.2) is 0 Å². The molecule has 2 nitrogen and oxygen atoms in total. The summed E-state index contributed by atoms with van der Waals surface area (Å²) in [6, 6.07) is 0. The molecule has 0 saturated heterocycles. The van der Waals surface area contributed by atoms with Crippen molar-refractivity contribution in [2.45, 2.75) is 46.1 Å². The zero-order chi connectivity index (χ0) is 10.1. The Bertz CT molecular complexity index is 331. The highest BCUT2D eigenvalue weighted by Crippen LogP contribution is 2.24. The summed E-state index contributed by atoms with van der Waals surface area (Å²) in [6.07, 6.45) is 4.32. The number of hydrogen-bond donors (Lipinski definition) is 1. The van der Waals surface area contributed by atoms with E-state index < -0.39 is 0 Å². The van der Waals surface area contributed by atoms with E-state index in [-0.39, 0.29) is 5.54 Å². The van der Waals surface area contributed by atoms with E-state index >= 15 is 0 Å². The standard InChI is InChI=1S/C10H18N2S/c1-5-10(4,6-2)12-7-8(3)11-9(12)13/h7H,5-6H2,1-4H3,(H,11,13). The van der Waals surface area contributed by atoms with Crippen LogP contribution in [0.25, 0.3) is 0 Å². The molecule has 0 bridgehead atoms. The zero-order valence-electron chi connectivity index (χ0n) is 8.85. The fraction of sp³-hybridized carbons (Fsp3) is 0.700. The minimum Gasteiger partial charge on any atom is -0.335 e. The predicted octanol–water partition coefficient (Wildman–Crippen LogP) is 3.39. The van der Waals surface area contributed by atoms with Gasteiger partial charge in [0.05, 0.1) is 0 Å². The van der Waals surface area contributed by atoms with Gasteiger partial charge < -0.3 is 9.55 Å². The molecule has 74 valence electrons. The molecular weight excluding hydrogens is 180 g/mol. The lowest BCUT2D eigenvalue weighted by atomic mass is 9.95. The van der Waals surface area contributed by atoms with Gasteiger partial charge in [-0.05, 0) is 38.9 Å². The van der Waals surface area contributed by atoms with Gasteiger partial charge in [0, 0.05) is 17.4 Å². The molecule has 0 unspecified atom stereocenters. The third-order valence-electron chi connectivity index (χ3n) is 2.95. The third-order valence-corrected chi connectivity index (χ3v) is 3.25. The van der Waals surface area contributed by atoms with Crippen LogP contribution in [0.5, 0.6) is 0 Å². The smallest absolute Gasteiger partial charge is 0.177 e. The summed E-state index contributed by atoms with van der Waals surface area (Å²) in [5, 5.41) is 0. The number of nitrogens with zero attached hydrogens (tertiary/aromatic N) is 1. The second-order valence-electron chi connectivity index (χ2n) is 3.82. The van der Waals surface area contributed by atoms with Crippen LogP contribution in [0.15, 0.2) is 6.20 Å². The van der Waals surface area contributed by atoms with Gasteiger partial charge in [-0.1, -0.05) is 13.8 Å². The Labute approximate surface area is 85.0 Å². The monoisotopic (exact) mass is 198 g/mol. The molecule has 0 aromatic carbocycles. The maximum atomic E-state index is 5.26. The van der Waals surface area contributed by atoms with Crippen molar-refractivity contribution in [3.63, 3.8) is 0 Å². The summed E-state index contributed by atoms with van der Waals surface area (Å²) in [7, 11) is 0. The highest BCUT2D eigenvalue weighted by molar-refractivity contribution is 7.71. The van der Waals surface area contributed by atoms with Crippen molar-refractivity contribution in [3.05, 3.63) is 16.7 Å². The molecule has 0 amide bonds. The van der Waals surface area contributed by atoms with Gasteiger partial charge >= 0.3 is 0 Å². The molecule has 0 radical (unpaired) electrons. The second kappa shape index (κ2) is 3.66. The molecule has 3 heteroatoms.